The van der Waals surface area contributed by atoms with Crippen LogP contribution in [0.15, 0.2) is 36.0 Å². The van der Waals surface area contributed by atoms with Gasteiger partial charge in [0.15, 0.2) is 5.71 Å². The van der Waals surface area contributed by atoms with E-state index in [-0.39, 0.29) is 5.91 Å². The Hall–Kier alpha value is -2.54. The summed E-state index contributed by atoms with van der Waals surface area (Å²) in [5.74, 6) is -0.0603. The summed E-state index contributed by atoms with van der Waals surface area (Å²) < 4.78 is 1.48. The van der Waals surface area contributed by atoms with Gasteiger partial charge in [0, 0.05) is 5.56 Å². The predicted molar refractivity (Wildman–Crippen MR) is 90.9 cm³/mol. The van der Waals surface area contributed by atoms with Gasteiger partial charge in [0.05, 0.1) is 12.4 Å². The number of piperidine rings is 1. The number of benzene rings is 1. The van der Waals surface area contributed by atoms with Gasteiger partial charge in [-0.1, -0.05) is 18.1 Å². The first kappa shape index (κ1) is 15.0. The molecular formula is C17H20N6O. The number of carbonyl (C=O) groups is 1. The first-order chi connectivity index (χ1) is 11.7. The zero-order chi connectivity index (χ0) is 16.5. The van der Waals surface area contributed by atoms with Crippen LogP contribution in [0.4, 0.5) is 5.69 Å². The summed E-state index contributed by atoms with van der Waals surface area (Å²) in [4.78, 5) is 17.2. The maximum Gasteiger partial charge on any atom is 0.280 e. The van der Waals surface area contributed by atoms with Crippen molar-refractivity contribution in [2.45, 2.75) is 26.2 Å². The molecule has 2 aromatic rings. The van der Waals surface area contributed by atoms with E-state index >= 15 is 0 Å². The van der Waals surface area contributed by atoms with Gasteiger partial charge in [-0.05, 0) is 45.0 Å². The molecule has 7 nitrogen and oxygen atoms in total. The Balaban J connectivity index is 1.70. The van der Waals surface area contributed by atoms with Crippen molar-refractivity contribution in [1.82, 2.24) is 19.8 Å². The average Bonchev–Trinajstić information content (AvgIpc) is 3.19. The monoisotopic (exact) mass is 324 g/mol. The Bertz CT molecular complexity index is 776. The number of rotatable bonds is 3. The molecule has 1 aromatic heterocycles. The first-order valence-corrected chi connectivity index (χ1v) is 8.31. The lowest BCUT2D eigenvalue weighted by Gasteiger charge is -2.30. The SMILES string of the molecule is Cc1ccc2c(c1)/C(=N/n1cnnc1)C(=O)N2CN1CCCCC1. The average molecular weight is 324 g/mol. The van der Waals surface area contributed by atoms with Crippen molar-refractivity contribution >= 4 is 17.3 Å². The molecule has 0 saturated carbocycles. The minimum absolute atomic E-state index is 0.0603. The molecule has 0 unspecified atom stereocenters. The van der Waals surface area contributed by atoms with Gasteiger partial charge in [-0.15, -0.1) is 10.2 Å². The normalized spacial score (nSPS) is 20.0. The first-order valence-electron chi connectivity index (χ1n) is 8.31. The van der Waals surface area contributed by atoms with Crippen LogP contribution >= 0.6 is 0 Å². The molecular weight excluding hydrogens is 304 g/mol. The van der Waals surface area contributed by atoms with Crippen molar-refractivity contribution in [3.63, 3.8) is 0 Å². The summed E-state index contributed by atoms with van der Waals surface area (Å²) in [6.07, 6.45) is 6.65. The number of amides is 1. The Labute approximate surface area is 140 Å². The molecule has 2 aliphatic rings. The lowest BCUT2D eigenvalue weighted by atomic mass is 10.1. The molecule has 2 aliphatic heterocycles. The topological polar surface area (TPSA) is 66.6 Å². The largest absolute Gasteiger partial charge is 0.293 e. The summed E-state index contributed by atoms with van der Waals surface area (Å²) in [6, 6.07) is 6.07. The van der Waals surface area contributed by atoms with Gasteiger partial charge < -0.3 is 0 Å². The van der Waals surface area contributed by atoms with E-state index in [1.54, 1.807) is 0 Å². The Morgan fingerprint density at radius 2 is 1.88 bits per heavy atom. The van der Waals surface area contributed by atoms with Gasteiger partial charge in [-0.3, -0.25) is 14.6 Å². The number of likely N-dealkylation sites (tertiary alicyclic amines) is 1. The van der Waals surface area contributed by atoms with E-state index in [0.717, 1.165) is 29.9 Å². The van der Waals surface area contributed by atoms with Crippen LogP contribution in [-0.4, -0.2) is 51.2 Å². The number of nitrogens with zero attached hydrogens (tertiary/aromatic N) is 6. The van der Waals surface area contributed by atoms with Crippen molar-refractivity contribution in [1.29, 1.82) is 0 Å². The quantitative estimate of drug-likeness (QED) is 0.861. The summed E-state index contributed by atoms with van der Waals surface area (Å²) in [5.41, 5.74) is 3.37. The van der Waals surface area contributed by atoms with Crippen molar-refractivity contribution in [2.75, 3.05) is 24.7 Å². The highest BCUT2D eigenvalue weighted by Gasteiger charge is 2.35. The van der Waals surface area contributed by atoms with E-state index in [9.17, 15) is 4.79 Å². The molecule has 0 atom stereocenters. The second-order valence-corrected chi connectivity index (χ2v) is 6.36. The molecule has 7 heteroatoms. The van der Waals surface area contributed by atoms with Crippen LogP contribution in [-0.2, 0) is 4.79 Å². The van der Waals surface area contributed by atoms with Crippen LogP contribution in [0.25, 0.3) is 0 Å². The third-order valence-corrected chi connectivity index (χ3v) is 4.56. The molecule has 1 saturated heterocycles. The minimum atomic E-state index is -0.0603. The highest BCUT2D eigenvalue weighted by atomic mass is 16.2. The number of fused-ring (bicyclic) bond motifs is 1. The molecule has 24 heavy (non-hydrogen) atoms. The summed E-state index contributed by atoms with van der Waals surface area (Å²) >= 11 is 0. The Kier molecular flexibility index (Phi) is 3.86. The second-order valence-electron chi connectivity index (χ2n) is 6.36. The van der Waals surface area contributed by atoms with Crippen LogP contribution in [0.2, 0.25) is 0 Å². The highest BCUT2D eigenvalue weighted by Crippen LogP contribution is 2.31. The van der Waals surface area contributed by atoms with Crippen molar-refractivity contribution < 1.29 is 4.79 Å². The fraction of sp³-hybridized carbons (Fsp3) is 0.412. The van der Waals surface area contributed by atoms with Crippen LogP contribution < -0.4 is 4.90 Å². The Morgan fingerprint density at radius 3 is 2.62 bits per heavy atom. The standard InChI is InChI=1S/C17H20N6O/c1-13-5-6-15-14(9-13)16(20-22-10-18-19-11-22)17(24)23(15)12-21-7-3-2-4-8-21/h5-6,9-11H,2-4,7-8,12H2,1H3/b20-16-. The molecule has 124 valence electrons. The van der Waals surface area contributed by atoms with E-state index in [4.69, 9.17) is 0 Å². The third-order valence-electron chi connectivity index (χ3n) is 4.56. The number of aryl methyl sites for hydroxylation is 1. The summed E-state index contributed by atoms with van der Waals surface area (Å²) in [6.45, 7) is 4.73. The van der Waals surface area contributed by atoms with E-state index in [1.807, 2.05) is 30.0 Å². The zero-order valence-electron chi connectivity index (χ0n) is 13.7. The van der Waals surface area contributed by atoms with Crippen molar-refractivity contribution in [3.05, 3.63) is 42.0 Å². The molecule has 3 heterocycles. The number of anilines is 1. The molecule has 0 radical (unpaired) electrons. The number of hydrogen-bond donors (Lipinski definition) is 0. The highest BCUT2D eigenvalue weighted by molar-refractivity contribution is 6.54. The Morgan fingerprint density at radius 1 is 1.12 bits per heavy atom. The molecule has 0 spiro atoms. The van der Waals surface area contributed by atoms with Gasteiger partial charge in [0.2, 0.25) is 0 Å². The molecule has 1 aromatic carbocycles. The van der Waals surface area contributed by atoms with Gasteiger partial charge in [0.25, 0.3) is 5.91 Å². The lowest BCUT2D eigenvalue weighted by Crippen LogP contribution is -2.43. The van der Waals surface area contributed by atoms with Crippen LogP contribution in [0.1, 0.15) is 30.4 Å². The summed E-state index contributed by atoms with van der Waals surface area (Å²) in [7, 11) is 0. The van der Waals surface area contributed by atoms with Crippen molar-refractivity contribution in [3.8, 4) is 0 Å². The molecule has 0 N–H and O–H groups in total. The molecule has 1 fully saturated rings. The van der Waals surface area contributed by atoms with Crippen LogP contribution in [0.5, 0.6) is 0 Å². The maximum atomic E-state index is 13.0. The van der Waals surface area contributed by atoms with Gasteiger partial charge >= 0.3 is 0 Å². The third kappa shape index (κ3) is 2.71. The molecule has 1 amide bonds. The van der Waals surface area contributed by atoms with Crippen molar-refractivity contribution in [2.24, 2.45) is 5.10 Å². The van der Waals surface area contributed by atoms with Gasteiger partial charge in [0.1, 0.15) is 12.7 Å². The smallest absolute Gasteiger partial charge is 0.280 e. The fourth-order valence-electron chi connectivity index (χ4n) is 3.33. The zero-order valence-corrected chi connectivity index (χ0v) is 13.7. The summed E-state index contributed by atoms with van der Waals surface area (Å²) in [5, 5.41) is 11.9. The van der Waals surface area contributed by atoms with E-state index in [1.165, 1.54) is 36.6 Å². The molecule has 0 aliphatic carbocycles. The van der Waals surface area contributed by atoms with E-state index in [2.05, 4.69) is 20.2 Å². The van der Waals surface area contributed by atoms with E-state index in [0.29, 0.717) is 12.4 Å². The van der Waals surface area contributed by atoms with Crippen LogP contribution in [0.3, 0.4) is 0 Å². The number of hydrogen-bond acceptors (Lipinski definition) is 5. The molecule has 0 bridgehead atoms. The maximum absolute atomic E-state index is 13.0. The lowest BCUT2D eigenvalue weighted by molar-refractivity contribution is -0.112. The molecule has 4 rings (SSSR count). The number of carbonyl (C=O) groups excluding carboxylic acids is 1. The van der Waals surface area contributed by atoms with Gasteiger partial charge in [-0.25, -0.2) is 4.68 Å². The fourth-order valence-corrected chi connectivity index (χ4v) is 3.33. The predicted octanol–water partition coefficient (Wildman–Crippen LogP) is 1.63. The van der Waals surface area contributed by atoms with Gasteiger partial charge in [-0.2, -0.15) is 5.10 Å². The van der Waals surface area contributed by atoms with Crippen LogP contribution in [0, 0.1) is 6.92 Å². The van der Waals surface area contributed by atoms with E-state index < -0.39 is 0 Å². The second kappa shape index (κ2) is 6.16. The number of aromatic nitrogens is 3. The minimum Gasteiger partial charge on any atom is -0.293 e.